The molecule has 2 N–H and O–H groups in total. The van der Waals surface area contributed by atoms with E-state index in [9.17, 15) is 22.8 Å². The first kappa shape index (κ1) is 18.5. The van der Waals surface area contributed by atoms with Crippen molar-refractivity contribution in [3.63, 3.8) is 0 Å². The Labute approximate surface area is 152 Å². The minimum Gasteiger partial charge on any atom is -0.478 e. The van der Waals surface area contributed by atoms with Crippen molar-refractivity contribution in [3.05, 3.63) is 61.7 Å². The number of hydrogen-bond acceptors (Lipinski definition) is 2. The molecule has 0 unspecified atom stereocenters. The van der Waals surface area contributed by atoms with Gasteiger partial charge in [-0.1, -0.05) is 11.6 Å². The van der Waals surface area contributed by atoms with Gasteiger partial charge in [-0.25, -0.2) is 4.79 Å². The second-order valence-electron chi connectivity index (χ2n) is 4.64. The Morgan fingerprint density at radius 3 is 2.38 bits per heavy atom. The predicted octanol–water partition coefficient (Wildman–Crippen LogP) is 4.91. The van der Waals surface area contributed by atoms with Crippen LogP contribution in [0.15, 0.2) is 36.4 Å². The first-order chi connectivity index (χ1) is 11.1. The molecule has 0 radical (unpaired) electrons. The van der Waals surface area contributed by atoms with Crippen molar-refractivity contribution in [1.29, 1.82) is 0 Å². The molecule has 0 saturated heterocycles. The van der Waals surface area contributed by atoms with Crippen molar-refractivity contribution in [2.75, 3.05) is 5.32 Å². The molecule has 0 aliphatic rings. The second kappa shape index (κ2) is 6.98. The number of carbonyl (C=O) groups is 2. The van der Waals surface area contributed by atoms with Gasteiger partial charge in [-0.3, -0.25) is 4.79 Å². The molecular weight excluding hydrogens is 462 g/mol. The summed E-state index contributed by atoms with van der Waals surface area (Å²) in [4.78, 5) is 23.3. The Morgan fingerprint density at radius 1 is 1.12 bits per heavy atom. The fourth-order valence-corrected chi connectivity index (χ4v) is 2.60. The van der Waals surface area contributed by atoms with Crippen molar-refractivity contribution >= 4 is 51.8 Å². The molecule has 0 aliphatic heterocycles. The number of carboxylic acid groups (broad SMARTS) is 1. The quantitative estimate of drug-likeness (QED) is 0.628. The van der Waals surface area contributed by atoms with Crippen molar-refractivity contribution in [1.82, 2.24) is 0 Å². The molecule has 4 nitrogen and oxygen atoms in total. The summed E-state index contributed by atoms with van der Waals surface area (Å²) >= 11 is 7.40. The van der Waals surface area contributed by atoms with Crippen LogP contribution in [-0.2, 0) is 6.18 Å². The van der Waals surface area contributed by atoms with E-state index in [0.29, 0.717) is 9.64 Å². The van der Waals surface area contributed by atoms with E-state index in [4.69, 9.17) is 16.7 Å². The van der Waals surface area contributed by atoms with Crippen LogP contribution in [0.4, 0.5) is 18.9 Å². The molecule has 0 atom stereocenters. The van der Waals surface area contributed by atoms with Crippen molar-refractivity contribution in [3.8, 4) is 0 Å². The Kier molecular flexibility index (Phi) is 5.38. The molecule has 0 fully saturated rings. The minimum absolute atomic E-state index is 0.0172. The van der Waals surface area contributed by atoms with Gasteiger partial charge in [-0.2, -0.15) is 13.2 Å². The van der Waals surface area contributed by atoms with E-state index in [0.717, 1.165) is 12.1 Å². The molecule has 9 heteroatoms. The van der Waals surface area contributed by atoms with Gasteiger partial charge in [0.05, 0.1) is 21.8 Å². The lowest BCUT2D eigenvalue weighted by Crippen LogP contribution is -2.16. The van der Waals surface area contributed by atoms with E-state index in [2.05, 4.69) is 5.32 Å². The molecule has 2 aromatic rings. The SMILES string of the molecule is O=C(Nc1ccc(I)cc1C(=O)O)c1ccc(Cl)c(C(F)(F)F)c1. The van der Waals surface area contributed by atoms with E-state index < -0.39 is 28.6 Å². The summed E-state index contributed by atoms with van der Waals surface area (Å²) in [7, 11) is 0. The molecular formula is C15H8ClF3INO3. The Hall–Kier alpha value is -1.81. The van der Waals surface area contributed by atoms with Gasteiger partial charge in [0.25, 0.3) is 5.91 Å². The van der Waals surface area contributed by atoms with E-state index in [1.165, 1.54) is 12.1 Å². The Bertz CT molecular complexity index is 824. The maximum absolute atomic E-state index is 12.8. The van der Waals surface area contributed by atoms with Crippen LogP contribution in [0.1, 0.15) is 26.3 Å². The number of hydrogen-bond donors (Lipinski definition) is 2. The predicted molar refractivity (Wildman–Crippen MR) is 90.5 cm³/mol. The van der Waals surface area contributed by atoms with Gasteiger partial charge in [0.1, 0.15) is 0 Å². The standard InChI is InChI=1S/C15H8ClF3INO3/c16-11-3-1-7(5-10(11)15(17,18)19)13(22)21-12-4-2-8(20)6-9(12)14(23)24/h1-6H,(H,21,22)(H,23,24). The molecule has 24 heavy (non-hydrogen) atoms. The highest BCUT2D eigenvalue weighted by atomic mass is 127. The third kappa shape index (κ3) is 4.18. The number of benzene rings is 2. The summed E-state index contributed by atoms with van der Waals surface area (Å²) in [6, 6.07) is 6.97. The zero-order chi connectivity index (χ0) is 18.1. The molecule has 0 aliphatic carbocycles. The smallest absolute Gasteiger partial charge is 0.417 e. The largest absolute Gasteiger partial charge is 0.478 e. The number of amides is 1. The fourth-order valence-electron chi connectivity index (χ4n) is 1.88. The van der Waals surface area contributed by atoms with Crippen LogP contribution in [-0.4, -0.2) is 17.0 Å². The number of carboxylic acids is 1. The van der Waals surface area contributed by atoms with Crippen LogP contribution >= 0.6 is 34.2 Å². The van der Waals surface area contributed by atoms with Crippen molar-refractivity contribution in [2.24, 2.45) is 0 Å². The van der Waals surface area contributed by atoms with Gasteiger partial charge in [0, 0.05) is 9.13 Å². The van der Waals surface area contributed by atoms with Crippen LogP contribution in [0.2, 0.25) is 5.02 Å². The summed E-state index contributed by atoms with van der Waals surface area (Å²) in [6.07, 6.45) is -4.71. The molecule has 2 aromatic carbocycles. The van der Waals surface area contributed by atoms with Crippen molar-refractivity contribution in [2.45, 2.75) is 6.18 Å². The third-order valence-corrected chi connectivity index (χ3v) is 3.99. The molecule has 0 aromatic heterocycles. The lowest BCUT2D eigenvalue weighted by Gasteiger charge is -2.12. The van der Waals surface area contributed by atoms with E-state index in [1.54, 1.807) is 6.07 Å². The van der Waals surface area contributed by atoms with Gasteiger partial charge in [-0.15, -0.1) is 0 Å². The van der Waals surface area contributed by atoms with Gasteiger partial charge in [0.2, 0.25) is 0 Å². The first-order valence-electron chi connectivity index (χ1n) is 6.30. The molecule has 0 saturated carbocycles. The number of anilines is 1. The summed E-state index contributed by atoms with van der Waals surface area (Å²) in [5, 5.41) is 10.9. The lowest BCUT2D eigenvalue weighted by atomic mass is 10.1. The third-order valence-electron chi connectivity index (χ3n) is 2.99. The zero-order valence-electron chi connectivity index (χ0n) is 11.6. The average molecular weight is 470 g/mol. The van der Waals surface area contributed by atoms with Crippen LogP contribution in [0.5, 0.6) is 0 Å². The van der Waals surface area contributed by atoms with Gasteiger partial charge < -0.3 is 10.4 Å². The van der Waals surface area contributed by atoms with Gasteiger partial charge >= 0.3 is 12.1 Å². The van der Waals surface area contributed by atoms with Gasteiger partial charge in [-0.05, 0) is 59.0 Å². The topological polar surface area (TPSA) is 66.4 Å². The molecule has 0 spiro atoms. The molecule has 0 bridgehead atoms. The maximum atomic E-state index is 12.8. The molecule has 1 amide bonds. The molecule has 2 rings (SSSR count). The Balaban J connectivity index is 2.37. The van der Waals surface area contributed by atoms with Crippen molar-refractivity contribution < 1.29 is 27.9 Å². The lowest BCUT2D eigenvalue weighted by molar-refractivity contribution is -0.137. The zero-order valence-corrected chi connectivity index (χ0v) is 14.5. The summed E-state index contributed by atoms with van der Waals surface area (Å²) < 4.78 is 39.1. The summed E-state index contributed by atoms with van der Waals surface area (Å²) in [6.45, 7) is 0. The second-order valence-corrected chi connectivity index (χ2v) is 6.29. The maximum Gasteiger partial charge on any atom is 0.417 e. The van der Waals surface area contributed by atoms with Crippen LogP contribution in [0.3, 0.4) is 0 Å². The fraction of sp³-hybridized carbons (Fsp3) is 0.0667. The average Bonchev–Trinajstić information content (AvgIpc) is 2.48. The number of nitrogens with one attached hydrogen (secondary N) is 1. The first-order valence-corrected chi connectivity index (χ1v) is 7.76. The Morgan fingerprint density at radius 2 is 1.79 bits per heavy atom. The van der Waals surface area contributed by atoms with E-state index in [1.807, 2.05) is 22.6 Å². The normalized spacial score (nSPS) is 11.2. The monoisotopic (exact) mass is 469 g/mol. The number of alkyl halides is 3. The number of carbonyl (C=O) groups excluding carboxylic acids is 1. The van der Waals surface area contributed by atoms with E-state index >= 15 is 0 Å². The van der Waals surface area contributed by atoms with Gasteiger partial charge in [0.15, 0.2) is 0 Å². The molecule has 0 heterocycles. The summed E-state index contributed by atoms with van der Waals surface area (Å²) in [5.74, 6) is -2.14. The number of rotatable bonds is 3. The molecule has 126 valence electrons. The number of aromatic carboxylic acids is 1. The highest BCUT2D eigenvalue weighted by Crippen LogP contribution is 2.35. The highest BCUT2D eigenvalue weighted by Gasteiger charge is 2.33. The van der Waals surface area contributed by atoms with E-state index in [-0.39, 0.29) is 16.8 Å². The minimum atomic E-state index is -4.71. The van der Waals surface area contributed by atoms with Crippen LogP contribution in [0.25, 0.3) is 0 Å². The van der Waals surface area contributed by atoms with Crippen LogP contribution < -0.4 is 5.32 Å². The summed E-state index contributed by atoms with van der Waals surface area (Å²) in [5.41, 5.74) is -1.61. The number of halogens is 5. The highest BCUT2D eigenvalue weighted by molar-refractivity contribution is 14.1. The van der Waals surface area contributed by atoms with Crippen LogP contribution in [0, 0.1) is 3.57 Å².